The lowest BCUT2D eigenvalue weighted by molar-refractivity contribution is -0.00000343. The Morgan fingerprint density at radius 3 is 2.00 bits per heavy atom. The maximum absolute atomic E-state index is 3.41. The van der Waals surface area contributed by atoms with E-state index < -0.39 is 0 Å². The van der Waals surface area contributed by atoms with Crippen LogP contribution in [0.5, 0.6) is 0 Å². The summed E-state index contributed by atoms with van der Waals surface area (Å²) >= 11 is 0. The number of para-hydroxylation sites is 1. The first-order valence-electron chi connectivity index (χ1n) is 5.99. The van der Waals surface area contributed by atoms with E-state index in [0.717, 1.165) is 19.6 Å². The first kappa shape index (κ1) is 14.6. The first-order valence-corrected chi connectivity index (χ1v) is 5.99. The number of hydrogen-bond acceptors (Lipinski definition) is 2. The first-order chi connectivity index (χ1) is 8.45. The molecular weight excluding hydrogens is 244 g/mol. The molecule has 0 fully saturated rings. The van der Waals surface area contributed by atoms with E-state index in [1.54, 1.807) is 0 Å². The quantitative estimate of drug-likeness (QED) is 0.710. The van der Waals surface area contributed by atoms with Crippen LogP contribution in [0.2, 0.25) is 0 Å². The second-order valence-corrected chi connectivity index (χ2v) is 3.96. The van der Waals surface area contributed by atoms with Crippen molar-refractivity contribution in [2.75, 3.05) is 18.4 Å². The predicted octanol–water partition coefficient (Wildman–Crippen LogP) is -0.108. The number of hydrogen-bond donors (Lipinski definition) is 2. The van der Waals surface area contributed by atoms with Crippen LogP contribution in [0, 0.1) is 0 Å². The third-order valence-corrected chi connectivity index (χ3v) is 2.58. The van der Waals surface area contributed by atoms with Crippen molar-refractivity contribution in [1.29, 1.82) is 0 Å². The molecule has 0 saturated heterocycles. The molecule has 0 aliphatic heterocycles. The SMILES string of the molecule is [Cl-].c1ccc(CNCCNc2ccccc2)cc1. The van der Waals surface area contributed by atoms with E-state index in [1.807, 2.05) is 24.3 Å². The second-order valence-electron chi connectivity index (χ2n) is 3.96. The number of halogens is 1. The van der Waals surface area contributed by atoms with Gasteiger partial charge in [-0.3, -0.25) is 0 Å². The van der Waals surface area contributed by atoms with Gasteiger partial charge in [0, 0.05) is 25.3 Å². The van der Waals surface area contributed by atoms with E-state index in [9.17, 15) is 0 Å². The monoisotopic (exact) mass is 261 g/mol. The average molecular weight is 262 g/mol. The van der Waals surface area contributed by atoms with Gasteiger partial charge >= 0.3 is 0 Å². The maximum atomic E-state index is 3.41. The Morgan fingerprint density at radius 2 is 1.33 bits per heavy atom. The molecule has 0 spiro atoms. The smallest absolute Gasteiger partial charge is 0.0340 e. The molecule has 0 atom stereocenters. The Kier molecular flexibility index (Phi) is 6.92. The van der Waals surface area contributed by atoms with Gasteiger partial charge in [-0.1, -0.05) is 48.5 Å². The summed E-state index contributed by atoms with van der Waals surface area (Å²) in [6.07, 6.45) is 0. The van der Waals surface area contributed by atoms with E-state index in [0.29, 0.717) is 0 Å². The van der Waals surface area contributed by atoms with Gasteiger partial charge < -0.3 is 23.0 Å². The molecule has 18 heavy (non-hydrogen) atoms. The molecule has 0 amide bonds. The van der Waals surface area contributed by atoms with Crippen molar-refractivity contribution in [2.24, 2.45) is 0 Å². The van der Waals surface area contributed by atoms with Gasteiger partial charge in [0.25, 0.3) is 0 Å². The lowest BCUT2D eigenvalue weighted by Gasteiger charge is -2.07. The Labute approximate surface area is 115 Å². The summed E-state index contributed by atoms with van der Waals surface area (Å²) in [5.74, 6) is 0. The summed E-state index contributed by atoms with van der Waals surface area (Å²) in [6.45, 7) is 2.83. The average Bonchev–Trinajstić information content (AvgIpc) is 2.41. The van der Waals surface area contributed by atoms with Crippen molar-refractivity contribution < 1.29 is 12.4 Å². The van der Waals surface area contributed by atoms with Gasteiger partial charge in [-0.15, -0.1) is 0 Å². The molecule has 2 aromatic carbocycles. The Morgan fingerprint density at radius 1 is 0.722 bits per heavy atom. The van der Waals surface area contributed by atoms with Crippen LogP contribution in [0.25, 0.3) is 0 Å². The zero-order chi connectivity index (χ0) is 11.8. The van der Waals surface area contributed by atoms with Crippen molar-refractivity contribution >= 4 is 5.69 Å². The summed E-state index contributed by atoms with van der Waals surface area (Å²) in [5.41, 5.74) is 2.50. The van der Waals surface area contributed by atoms with Crippen molar-refractivity contribution in [3.63, 3.8) is 0 Å². The zero-order valence-corrected chi connectivity index (χ0v) is 11.0. The fourth-order valence-electron chi connectivity index (χ4n) is 1.68. The third kappa shape index (κ3) is 5.21. The van der Waals surface area contributed by atoms with E-state index in [-0.39, 0.29) is 12.4 Å². The molecule has 0 unspecified atom stereocenters. The van der Waals surface area contributed by atoms with Gasteiger partial charge in [0.15, 0.2) is 0 Å². The van der Waals surface area contributed by atoms with Gasteiger partial charge in [0.2, 0.25) is 0 Å². The molecule has 2 N–H and O–H groups in total. The molecule has 0 aliphatic carbocycles. The van der Waals surface area contributed by atoms with Crippen LogP contribution in [0.15, 0.2) is 60.7 Å². The van der Waals surface area contributed by atoms with E-state index >= 15 is 0 Å². The third-order valence-electron chi connectivity index (χ3n) is 2.58. The van der Waals surface area contributed by atoms with E-state index in [1.165, 1.54) is 11.3 Å². The highest BCUT2D eigenvalue weighted by Crippen LogP contribution is 2.03. The Hall–Kier alpha value is -1.51. The minimum absolute atomic E-state index is 0. The minimum atomic E-state index is 0. The lowest BCUT2D eigenvalue weighted by Crippen LogP contribution is -3.00. The van der Waals surface area contributed by atoms with E-state index in [2.05, 4.69) is 47.0 Å². The summed E-state index contributed by atoms with van der Waals surface area (Å²) in [6, 6.07) is 20.7. The largest absolute Gasteiger partial charge is 1.00 e. The standard InChI is InChI=1S/C15H18N2.ClH/c1-3-7-14(8-4-1)13-16-11-12-17-15-9-5-2-6-10-15;/h1-10,16-17H,11-13H2;1H/p-1. The zero-order valence-electron chi connectivity index (χ0n) is 10.3. The molecule has 0 aliphatic rings. The highest BCUT2D eigenvalue weighted by atomic mass is 35.5. The van der Waals surface area contributed by atoms with Crippen molar-refractivity contribution in [2.45, 2.75) is 6.54 Å². The lowest BCUT2D eigenvalue weighted by atomic mass is 10.2. The molecule has 0 radical (unpaired) electrons. The molecule has 96 valence electrons. The fourth-order valence-corrected chi connectivity index (χ4v) is 1.68. The van der Waals surface area contributed by atoms with Crippen molar-refractivity contribution in [3.05, 3.63) is 66.2 Å². The molecule has 0 heterocycles. The normalized spacial score (nSPS) is 9.56. The topological polar surface area (TPSA) is 24.1 Å². The van der Waals surface area contributed by atoms with Gasteiger partial charge in [0.05, 0.1) is 0 Å². The molecule has 0 aromatic heterocycles. The maximum Gasteiger partial charge on any atom is 0.0340 e. The Balaban J connectivity index is 0.00000162. The van der Waals surface area contributed by atoms with Gasteiger partial charge in [-0.05, 0) is 17.7 Å². The van der Waals surface area contributed by atoms with Gasteiger partial charge in [-0.25, -0.2) is 0 Å². The summed E-state index contributed by atoms with van der Waals surface area (Å²) in [5, 5.41) is 6.78. The van der Waals surface area contributed by atoms with Crippen LogP contribution >= 0.6 is 0 Å². The molecule has 0 bridgehead atoms. The molecule has 2 aromatic rings. The molecule has 2 rings (SSSR count). The van der Waals surface area contributed by atoms with Crippen LogP contribution in [-0.4, -0.2) is 13.1 Å². The van der Waals surface area contributed by atoms with Crippen molar-refractivity contribution in [3.8, 4) is 0 Å². The summed E-state index contributed by atoms with van der Waals surface area (Å²) in [7, 11) is 0. The predicted molar refractivity (Wildman–Crippen MR) is 73.1 cm³/mol. The number of anilines is 1. The summed E-state index contributed by atoms with van der Waals surface area (Å²) < 4.78 is 0. The summed E-state index contributed by atoms with van der Waals surface area (Å²) in [4.78, 5) is 0. The molecule has 0 saturated carbocycles. The number of rotatable bonds is 6. The highest BCUT2D eigenvalue weighted by molar-refractivity contribution is 5.42. The minimum Gasteiger partial charge on any atom is -1.00 e. The van der Waals surface area contributed by atoms with Crippen LogP contribution in [0.1, 0.15) is 5.56 Å². The van der Waals surface area contributed by atoms with Gasteiger partial charge in [0.1, 0.15) is 0 Å². The van der Waals surface area contributed by atoms with Crippen LogP contribution < -0.4 is 23.0 Å². The van der Waals surface area contributed by atoms with Gasteiger partial charge in [-0.2, -0.15) is 0 Å². The second kappa shape index (κ2) is 8.56. The number of nitrogens with one attached hydrogen (secondary N) is 2. The fraction of sp³-hybridized carbons (Fsp3) is 0.200. The molecule has 2 nitrogen and oxygen atoms in total. The molecular formula is C15H18ClN2-. The Bertz CT molecular complexity index is 376. The molecule has 3 heteroatoms. The van der Waals surface area contributed by atoms with Crippen LogP contribution in [0.4, 0.5) is 5.69 Å². The van der Waals surface area contributed by atoms with Crippen LogP contribution in [-0.2, 0) is 6.54 Å². The van der Waals surface area contributed by atoms with Crippen LogP contribution in [0.3, 0.4) is 0 Å². The highest BCUT2D eigenvalue weighted by Gasteiger charge is 1.91. The van der Waals surface area contributed by atoms with Crippen molar-refractivity contribution in [1.82, 2.24) is 5.32 Å². The number of benzene rings is 2. The van der Waals surface area contributed by atoms with E-state index in [4.69, 9.17) is 0 Å².